The minimum atomic E-state index is -0.630. The third kappa shape index (κ3) is 5.45. The van der Waals surface area contributed by atoms with E-state index in [1.165, 1.54) is 5.56 Å². The van der Waals surface area contributed by atoms with Gasteiger partial charge in [0.1, 0.15) is 17.6 Å². The molecule has 198 valence electrons. The quantitative estimate of drug-likeness (QED) is 0.294. The normalized spacial score (nSPS) is 21.0. The highest BCUT2D eigenvalue weighted by Crippen LogP contribution is 2.41. The number of nitrogens with zero attached hydrogens (tertiary/aromatic N) is 2. The van der Waals surface area contributed by atoms with Crippen molar-refractivity contribution >= 4 is 17.4 Å². The fraction of sp³-hybridized carbons (Fsp3) is 0.484. The molecule has 2 aliphatic rings. The second-order valence-electron chi connectivity index (χ2n) is 11.2. The number of rotatable bonds is 8. The Morgan fingerprint density at radius 2 is 1.76 bits per heavy atom. The van der Waals surface area contributed by atoms with E-state index in [1.54, 1.807) is 11.0 Å². The molecule has 1 N–H and O–H groups in total. The Kier molecular flexibility index (Phi) is 7.79. The first kappa shape index (κ1) is 26.9. The summed E-state index contributed by atoms with van der Waals surface area (Å²) in [5.74, 6) is -0.508. The number of aliphatic hydroxyl groups excluding tert-OH is 1. The van der Waals surface area contributed by atoms with Gasteiger partial charge in [-0.1, -0.05) is 58.9 Å². The van der Waals surface area contributed by atoms with Crippen LogP contribution in [0.4, 0.5) is 0 Å². The SMILES string of the molecule is CCN(CC)CCCN1C(=O)C(=O)/C(=C(/O)c2ccc3c(c2)C[C@@H](C)O3)[C@H]1c1ccc(C(C)(C)C)cc1. The summed E-state index contributed by atoms with van der Waals surface area (Å²) in [5, 5.41) is 11.5. The van der Waals surface area contributed by atoms with Crippen LogP contribution in [0.1, 0.15) is 76.3 Å². The lowest BCUT2D eigenvalue weighted by Crippen LogP contribution is -2.33. The number of carbonyl (C=O) groups excluding carboxylic acids is 2. The Morgan fingerprint density at radius 3 is 2.38 bits per heavy atom. The third-order valence-electron chi connectivity index (χ3n) is 7.57. The minimum Gasteiger partial charge on any atom is -0.507 e. The number of hydrogen-bond donors (Lipinski definition) is 1. The molecular weight excluding hydrogens is 464 g/mol. The Hall–Kier alpha value is -3.12. The molecule has 0 aliphatic carbocycles. The van der Waals surface area contributed by atoms with Crippen LogP contribution in [0.2, 0.25) is 0 Å². The highest BCUT2D eigenvalue weighted by Gasteiger charge is 2.46. The predicted molar refractivity (Wildman–Crippen MR) is 147 cm³/mol. The molecule has 1 amide bonds. The van der Waals surface area contributed by atoms with E-state index in [0.29, 0.717) is 12.1 Å². The average molecular weight is 505 g/mol. The molecule has 2 aromatic carbocycles. The summed E-state index contributed by atoms with van der Waals surface area (Å²) in [6.45, 7) is 15.9. The zero-order valence-corrected chi connectivity index (χ0v) is 23.0. The molecule has 0 bridgehead atoms. The van der Waals surface area contributed by atoms with Crippen molar-refractivity contribution in [2.45, 2.75) is 71.9 Å². The van der Waals surface area contributed by atoms with E-state index in [2.05, 4.69) is 51.7 Å². The van der Waals surface area contributed by atoms with Crippen LogP contribution in [-0.2, 0) is 21.4 Å². The Labute approximate surface area is 220 Å². The maximum Gasteiger partial charge on any atom is 0.295 e. The van der Waals surface area contributed by atoms with Crippen LogP contribution in [0.15, 0.2) is 48.0 Å². The Bertz CT molecular complexity index is 1190. The second kappa shape index (κ2) is 10.7. The Balaban J connectivity index is 1.75. The van der Waals surface area contributed by atoms with Crippen LogP contribution in [0.25, 0.3) is 5.76 Å². The van der Waals surface area contributed by atoms with E-state index in [1.807, 2.05) is 31.2 Å². The molecule has 2 heterocycles. The molecule has 1 saturated heterocycles. The number of Topliss-reactive ketones (excluding diaryl/α,β-unsaturated/α-hetero) is 1. The number of fused-ring (bicyclic) bond motifs is 1. The summed E-state index contributed by atoms with van der Waals surface area (Å²) in [6, 6.07) is 12.9. The zero-order valence-electron chi connectivity index (χ0n) is 23.0. The molecule has 0 aromatic heterocycles. The predicted octanol–water partition coefficient (Wildman–Crippen LogP) is 5.46. The van der Waals surface area contributed by atoms with Gasteiger partial charge in [-0.2, -0.15) is 0 Å². The van der Waals surface area contributed by atoms with E-state index in [0.717, 1.165) is 49.4 Å². The fourth-order valence-electron chi connectivity index (χ4n) is 5.35. The van der Waals surface area contributed by atoms with Gasteiger partial charge in [0.25, 0.3) is 11.7 Å². The van der Waals surface area contributed by atoms with Crippen molar-refractivity contribution in [3.63, 3.8) is 0 Å². The van der Waals surface area contributed by atoms with Gasteiger partial charge in [0.15, 0.2) is 0 Å². The van der Waals surface area contributed by atoms with Crippen molar-refractivity contribution < 1.29 is 19.4 Å². The van der Waals surface area contributed by atoms with Crippen LogP contribution in [0, 0.1) is 0 Å². The fourth-order valence-corrected chi connectivity index (χ4v) is 5.35. The van der Waals surface area contributed by atoms with Gasteiger partial charge in [-0.15, -0.1) is 0 Å². The molecule has 4 rings (SSSR count). The number of hydrogen-bond acceptors (Lipinski definition) is 5. The molecule has 0 unspecified atom stereocenters. The highest BCUT2D eigenvalue weighted by atomic mass is 16.5. The number of carbonyl (C=O) groups is 2. The van der Waals surface area contributed by atoms with Gasteiger partial charge in [0, 0.05) is 18.5 Å². The number of ketones is 1. The maximum absolute atomic E-state index is 13.4. The number of benzene rings is 2. The summed E-state index contributed by atoms with van der Waals surface area (Å²) < 4.78 is 5.80. The monoisotopic (exact) mass is 504 g/mol. The molecular formula is C31H40N2O4. The van der Waals surface area contributed by atoms with Gasteiger partial charge in [-0.05, 0) is 73.3 Å². The van der Waals surface area contributed by atoms with Gasteiger partial charge in [-0.25, -0.2) is 0 Å². The number of likely N-dealkylation sites (tertiary alicyclic amines) is 1. The lowest BCUT2D eigenvalue weighted by atomic mass is 9.85. The summed E-state index contributed by atoms with van der Waals surface area (Å²) in [7, 11) is 0. The van der Waals surface area contributed by atoms with E-state index in [-0.39, 0.29) is 22.9 Å². The van der Waals surface area contributed by atoms with Gasteiger partial charge in [0.2, 0.25) is 0 Å². The van der Waals surface area contributed by atoms with Crippen LogP contribution < -0.4 is 4.74 Å². The third-order valence-corrected chi connectivity index (χ3v) is 7.57. The summed E-state index contributed by atoms with van der Waals surface area (Å²) >= 11 is 0. The van der Waals surface area contributed by atoms with E-state index in [9.17, 15) is 14.7 Å². The molecule has 0 radical (unpaired) electrons. The van der Waals surface area contributed by atoms with E-state index < -0.39 is 17.7 Å². The lowest BCUT2D eigenvalue weighted by Gasteiger charge is -2.27. The first-order chi connectivity index (χ1) is 17.5. The molecule has 2 aromatic rings. The summed E-state index contributed by atoms with van der Waals surface area (Å²) in [6.07, 6.45) is 1.57. The number of ether oxygens (including phenoxy) is 1. The van der Waals surface area contributed by atoms with Crippen molar-refractivity contribution in [2.24, 2.45) is 0 Å². The topological polar surface area (TPSA) is 70.1 Å². The van der Waals surface area contributed by atoms with E-state index >= 15 is 0 Å². The van der Waals surface area contributed by atoms with Gasteiger partial charge < -0.3 is 19.6 Å². The molecule has 37 heavy (non-hydrogen) atoms. The van der Waals surface area contributed by atoms with Crippen molar-refractivity contribution in [3.05, 3.63) is 70.3 Å². The summed E-state index contributed by atoms with van der Waals surface area (Å²) in [5.41, 5.74) is 3.67. The smallest absolute Gasteiger partial charge is 0.295 e. The molecule has 6 heteroatoms. The Morgan fingerprint density at radius 1 is 1.08 bits per heavy atom. The van der Waals surface area contributed by atoms with Gasteiger partial charge >= 0.3 is 0 Å². The standard InChI is InChI=1S/C31H40N2O4/c1-7-32(8-2)16-9-17-33-27(21-10-13-24(14-11-21)31(4,5)6)26(29(35)30(33)36)28(34)22-12-15-25-23(19-22)18-20(3)37-25/h10-15,19-20,27,34H,7-9,16-18H2,1-6H3/b28-26+/t20-,27-/m1/s1. The molecule has 0 saturated carbocycles. The molecule has 0 spiro atoms. The summed E-state index contributed by atoms with van der Waals surface area (Å²) in [4.78, 5) is 30.6. The van der Waals surface area contributed by atoms with Gasteiger partial charge in [-0.3, -0.25) is 9.59 Å². The van der Waals surface area contributed by atoms with Crippen LogP contribution in [0.3, 0.4) is 0 Å². The lowest BCUT2D eigenvalue weighted by molar-refractivity contribution is -0.140. The van der Waals surface area contributed by atoms with Crippen molar-refractivity contribution in [1.82, 2.24) is 9.80 Å². The highest BCUT2D eigenvalue weighted by molar-refractivity contribution is 6.46. The maximum atomic E-state index is 13.4. The largest absolute Gasteiger partial charge is 0.507 e. The minimum absolute atomic E-state index is 0.0201. The number of aliphatic hydroxyl groups is 1. The molecule has 2 aliphatic heterocycles. The van der Waals surface area contributed by atoms with Crippen LogP contribution >= 0.6 is 0 Å². The first-order valence-corrected chi connectivity index (χ1v) is 13.5. The van der Waals surface area contributed by atoms with Gasteiger partial charge in [0.05, 0.1) is 11.6 Å². The number of amides is 1. The average Bonchev–Trinajstić information content (AvgIpc) is 3.36. The van der Waals surface area contributed by atoms with Crippen molar-refractivity contribution in [3.8, 4) is 5.75 Å². The molecule has 1 fully saturated rings. The second-order valence-corrected chi connectivity index (χ2v) is 11.2. The molecule has 2 atom stereocenters. The first-order valence-electron chi connectivity index (χ1n) is 13.5. The zero-order chi connectivity index (χ0) is 26.9. The van der Waals surface area contributed by atoms with Crippen LogP contribution in [-0.4, -0.2) is 58.9 Å². The van der Waals surface area contributed by atoms with E-state index in [4.69, 9.17) is 4.74 Å². The van der Waals surface area contributed by atoms with Crippen LogP contribution in [0.5, 0.6) is 5.75 Å². The van der Waals surface area contributed by atoms with Crippen molar-refractivity contribution in [1.29, 1.82) is 0 Å². The van der Waals surface area contributed by atoms with Crippen molar-refractivity contribution in [2.75, 3.05) is 26.2 Å². The molecule has 6 nitrogen and oxygen atoms in total.